The fraction of sp³-hybridized carbons (Fsp3) is 0.667. The zero-order valence-electron chi connectivity index (χ0n) is 18.7. The van der Waals surface area contributed by atoms with Gasteiger partial charge in [0.05, 0.1) is 0 Å². The molecular weight excluding hydrogens is 362 g/mol. The van der Waals surface area contributed by atoms with E-state index in [0.717, 1.165) is 37.8 Å². The summed E-state index contributed by atoms with van der Waals surface area (Å²) in [7, 11) is 4.03. The second-order valence-electron chi connectivity index (χ2n) is 9.07. The van der Waals surface area contributed by atoms with Crippen LogP contribution in [0.1, 0.15) is 57.9 Å². The third-order valence-electron chi connectivity index (χ3n) is 5.64. The van der Waals surface area contributed by atoms with Crippen molar-refractivity contribution in [2.24, 2.45) is 11.8 Å². The van der Waals surface area contributed by atoms with Crippen molar-refractivity contribution in [3.8, 4) is 0 Å². The Kier molecular flexibility index (Phi) is 9.65. The lowest BCUT2D eigenvalue weighted by Gasteiger charge is -2.31. The first-order valence-electron chi connectivity index (χ1n) is 11.1. The van der Waals surface area contributed by atoms with Crippen LogP contribution in [-0.4, -0.2) is 54.8 Å². The van der Waals surface area contributed by atoms with Crippen molar-refractivity contribution in [3.63, 3.8) is 0 Å². The summed E-state index contributed by atoms with van der Waals surface area (Å²) in [5.41, 5.74) is 1.11. The Morgan fingerprint density at radius 3 is 2.28 bits per heavy atom. The van der Waals surface area contributed by atoms with Crippen LogP contribution in [0.3, 0.4) is 0 Å². The molecule has 1 aromatic carbocycles. The highest BCUT2D eigenvalue weighted by atomic mass is 16.2. The number of rotatable bonds is 10. The highest BCUT2D eigenvalue weighted by molar-refractivity contribution is 5.88. The van der Waals surface area contributed by atoms with Gasteiger partial charge >= 0.3 is 0 Å². The summed E-state index contributed by atoms with van der Waals surface area (Å²) in [5, 5.41) is 3.13. The fourth-order valence-electron chi connectivity index (χ4n) is 3.96. The Hall–Kier alpha value is -1.88. The predicted octanol–water partition coefficient (Wildman–Crippen LogP) is 3.69. The molecule has 0 aliphatic heterocycles. The van der Waals surface area contributed by atoms with Gasteiger partial charge in [-0.25, -0.2) is 0 Å². The molecule has 29 heavy (non-hydrogen) atoms. The third-order valence-corrected chi connectivity index (χ3v) is 5.64. The van der Waals surface area contributed by atoms with Gasteiger partial charge in [0, 0.05) is 25.6 Å². The Morgan fingerprint density at radius 2 is 1.69 bits per heavy atom. The molecule has 0 bridgehead atoms. The Labute approximate surface area is 176 Å². The number of nitrogens with one attached hydrogen (secondary N) is 1. The van der Waals surface area contributed by atoms with Crippen LogP contribution < -0.4 is 5.32 Å². The minimum absolute atomic E-state index is 0.0357. The summed E-state index contributed by atoms with van der Waals surface area (Å²) >= 11 is 0. The average molecular weight is 402 g/mol. The number of carbonyl (C=O) groups is 2. The van der Waals surface area contributed by atoms with Crippen LogP contribution in [0, 0.1) is 11.8 Å². The molecule has 5 nitrogen and oxygen atoms in total. The van der Waals surface area contributed by atoms with Crippen LogP contribution in [0.15, 0.2) is 30.3 Å². The van der Waals surface area contributed by atoms with Gasteiger partial charge in [-0.2, -0.15) is 0 Å². The maximum atomic E-state index is 13.5. The van der Waals surface area contributed by atoms with Crippen LogP contribution in [0.25, 0.3) is 0 Å². The summed E-state index contributed by atoms with van der Waals surface area (Å²) in [6.45, 7) is 6.22. The van der Waals surface area contributed by atoms with Gasteiger partial charge in [-0.3, -0.25) is 9.59 Å². The summed E-state index contributed by atoms with van der Waals surface area (Å²) in [4.78, 5) is 30.4. The average Bonchev–Trinajstić information content (AvgIpc) is 2.71. The fourth-order valence-corrected chi connectivity index (χ4v) is 3.96. The molecule has 1 aliphatic rings. The van der Waals surface area contributed by atoms with Crippen LogP contribution in [0.2, 0.25) is 0 Å². The van der Waals surface area contributed by atoms with E-state index in [9.17, 15) is 9.59 Å². The Morgan fingerprint density at radius 1 is 1.03 bits per heavy atom. The number of benzene rings is 1. The molecule has 2 rings (SSSR count). The number of hydrogen-bond acceptors (Lipinski definition) is 3. The van der Waals surface area contributed by atoms with Crippen LogP contribution >= 0.6 is 0 Å². The van der Waals surface area contributed by atoms with Crippen LogP contribution in [0.5, 0.6) is 0 Å². The molecule has 0 saturated heterocycles. The van der Waals surface area contributed by atoms with Gasteiger partial charge in [-0.05, 0) is 44.8 Å². The molecule has 162 valence electrons. The van der Waals surface area contributed by atoms with Crippen molar-refractivity contribution in [1.29, 1.82) is 0 Å². The maximum absolute atomic E-state index is 13.5. The lowest BCUT2D eigenvalue weighted by molar-refractivity contribution is -0.138. The highest BCUT2D eigenvalue weighted by Crippen LogP contribution is 2.24. The Balaban J connectivity index is 2.12. The van der Waals surface area contributed by atoms with Crippen molar-refractivity contribution < 1.29 is 9.59 Å². The summed E-state index contributed by atoms with van der Waals surface area (Å²) in [6, 6.07) is 9.64. The molecule has 0 unspecified atom stereocenters. The number of carbonyl (C=O) groups excluding carboxylic acids is 2. The highest BCUT2D eigenvalue weighted by Gasteiger charge is 2.30. The standard InChI is InChI=1S/C24H39N3O2/c1-19(2)17-22(25-23(28)21-13-9-6-10-14-21)24(29)27(16-15-26(3)4)18-20-11-7-5-8-12-20/h5,7-8,11-12,19,21-22H,6,9-10,13-18H2,1-4H3,(H,25,28)/t22-/m1/s1. The molecule has 0 heterocycles. The van der Waals surface area contributed by atoms with Crippen molar-refractivity contribution in [1.82, 2.24) is 15.1 Å². The van der Waals surface area contributed by atoms with Gasteiger partial charge in [-0.15, -0.1) is 0 Å². The van der Waals surface area contributed by atoms with Gasteiger partial charge in [-0.1, -0.05) is 63.4 Å². The Bertz CT molecular complexity index is 624. The third kappa shape index (κ3) is 8.17. The molecule has 1 aliphatic carbocycles. The molecule has 1 N–H and O–H groups in total. The normalized spacial score (nSPS) is 16.1. The summed E-state index contributed by atoms with van der Waals surface area (Å²) < 4.78 is 0. The number of nitrogens with zero attached hydrogens (tertiary/aromatic N) is 2. The van der Waals surface area contributed by atoms with Crippen molar-refractivity contribution >= 4 is 11.8 Å². The van der Waals surface area contributed by atoms with E-state index in [1.165, 1.54) is 6.42 Å². The van der Waals surface area contributed by atoms with Crippen molar-refractivity contribution in [2.75, 3.05) is 27.2 Å². The number of likely N-dealkylation sites (N-methyl/N-ethyl adjacent to an activating group) is 1. The zero-order valence-corrected chi connectivity index (χ0v) is 18.7. The molecule has 1 fully saturated rings. The van der Waals surface area contributed by atoms with Gasteiger partial charge in [0.1, 0.15) is 6.04 Å². The molecular formula is C24H39N3O2. The number of hydrogen-bond donors (Lipinski definition) is 1. The second-order valence-corrected chi connectivity index (χ2v) is 9.07. The van der Waals surface area contributed by atoms with E-state index in [0.29, 0.717) is 25.4 Å². The summed E-state index contributed by atoms with van der Waals surface area (Å²) in [5.74, 6) is 0.503. The van der Waals surface area contributed by atoms with E-state index in [4.69, 9.17) is 0 Å². The SMILES string of the molecule is CC(C)C[C@@H](NC(=O)C1CCCCC1)C(=O)N(CCN(C)C)Cc1ccccc1. The van der Waals surface area contributed by atoms with Crippen molar-refractivity contribution in [2.45, 2.75) is 65.0 Å². The molecule has 1 atom stereocenters. The second kappa shape index (κ2) is 12.0. The topological polar surface area (TPSA) is 52.7 Å². The van der Waals surface area contributed by atoms with E-state index >= 15 is 0 Å². The minimum Gasteiger partial charge on any atom is -0.344 e. The van der Waals surface area contributed by atoms with E-state index in [2.05, 4.69) is 24.1 Å². The molecule has 2 amide bonds. The maximum Gasteiger partial charge on any atom is 0.245 e. The van der Waals surface area contributed by atoms with Crippen LogP contribution in [0.4, 0.5) is 0 Å². The number of amides is 2. The largest absolute Gasteiger partial charge is 0.344 e. The molecule has 1 saturated carbocycles. The van der Waals surface area contributed by atoms with Gasteiger partial charge < -0.3 is 15.1 Å². The van der Waals surface area contributed by atoms with Gasteiger partial charge in [0.25, 0.3) is 0 Å². The lowest BCUT2D eigenvalue weighted by atomic mass is 9.88. The smallest absolute Gasteiger partial charge is 0.245 e. The van der Waals surface area contributed by atoms with E-state index < -0.39 is 6.04 Å². The minimum atomic E-state index is -0.449. The molecule has 0 aromatic heterocycles. The molecule has 0 spiro atoms. The molecule has 5 heteroatoms. The van der Waals surface area contributed by atoms with Crippen molar-refractivity contribution in [3.05, 3.63) is 35.9 Å². The van der Waals surface area contributed by atoms with Gasteiger partial charge in [0.2, 0.25) is 11.8 Å². The predicted molar refractivity (Wildman–Crippen MR) is 118 cm³/mol. The van der Waals surface area contributed by atoms with E-state index in [1.807, 2.05) is 49.3 Å². The molecule has 1 aromatic rings. The van der Waals surface area contributed by atoms with E-state index in [-0.39, 0.29) is 17.7 Å². The van der Waals surface area contributed by atoms with Crippen LogP contribution in [-0.2, 0) is 16.1 Å². The quantitative estimate of drug-likeness (QED) is 0.651. The summed E-state index contributed by atoms with van der Waals surface area (Å²) in [6.07, 6.45) is 6.01. The first kappa shape index (κ1) is 23.4. The molecule has 0 radical (unpaired) electrons. The lowest BCUT2D eigenvalue weighted by Crippen LogP contribution is -2.51. The van der Waals surface area contributed by atoms with Gasteiger partial charge in [0.15, 0.2) is 0 Å². The first-order valence-corrected chi connectivity index (χ1v) is 11.1. The monoisotopic (exact) mass is 401 g/mol. The van der Waals surface area contributed by atoms with E-state index in [1.54, 1.807) is 0 Å². The first-order chi connectivity index (χ1) is 13.9. The zero-order chi connectivity index (χ0) is 21.2.